The maximum Gasteiger partial charge on any atom is 0.422 e. The summed E-state index contributed by atoms with van der Waals surface area (Å²) in [5.74, 6) is -0.748. The highest BCUT2D eigenvalue weighted by Crippen LogP contribution is 2.43. The number of primary amides is 1. The van der Waals surface area contributed by atoms with Gasteiger partial charge in [-0.15, -0.1) is 0 Å². The molecule has 0 aliphatic carbocycles. The third-order valence-corrected chi connectivity index (χ3v) is 6.53. The van der Waals surface area contributed by atoms with Gasteiger partial charge in [-0.05, 0) is 57.9 Å². The number of rotatable bonds is 8. The molecule has 0 aliphatic rings. The monoisotopic (exact) mass is 630 g/mol. The van der Waals surface area contributed by atoms with Crippen LogP contribution >= 0.6 is 15.9 Å². The van der Waals surface area contributed by atoms with Crippen LogP contribution in [0.3, 0.4) is 0 Å². The van der Waals surface area contributed by atoms with Gasteiger partial charge in [-0.25, -0.2) is 14.2 Å². The van der Waals surface area contributed by atoms with Crippen molar-refractivity contribution in [2.45, 2.75) is 12.8 Å². The predicted molar refractivity (Wildman–Crippen MR) is 144 cm³/mol. The third-order valence-electron chi connectivity index (χ3n) is 5.78. The fourth-order valence-electron chi connectivity index (χ4n) is 4.10. The smallest absolute Gasteiger partial charge is 0.422 e. The number of fused-ring (bicyclic) bond motifs is 1. The Kier molecular flexibility index (Phi) is 7.79. The molecule has 2 N–H and O–H groups in total. The van der Waals surface area contributed by atoms with Crippen LogP contribution in [0, 0.1) is 5.82 Å². The number of benzene rings is 3. The van der Waals surface area contributed by atoms with Crippen LogP contribution in [0.5, 0.6) is 17.4 Å². The topological polar surface area (TPSA) is 101 Å². The van der Waals surface area contributed by atoms with Crippen molar-refractivity contribution < 1.29 is 36.6 Å². The highest BCUT2D eigenvalue weighted by molar-refractivity contribution is 9.10. The number of halogens is 5. The molecule has 0 saturated carbocycles. The Morgan fingerprint density at radius 2 is 1.66 bits per heavy atom. The van der Waals surface area contributed by atoms with Gasteiger partial charge in [0.15, 0.2) is 12.4 Å². The molecule has 3 aromatic carbocycles. The predicted octanol–water partition coefficient (Wildman–Crippen LogP) is 6.97. The molecule has 0 saturated heterocycles. The molecule has 2 aromatic heterocycles. The van der Waals surface area contributed by atoms with Crippen molar-refractivity contribution in [2.75, 3.05) is 6.61 Å². The van der Waals surface area contributed by atoms with Crippen molar-refractivity contribution in [3.63, 3.8) is 0 Å². The lowest BCUT2D eigenvalue weighted by molar-refractivity contribution is -0.153. The molecule has 8 nitrogen and oxygen atoms in total. The van der Waals surface area contributed by atoms with Crippen molar-refractivity contribution in [3.05, 3.63) is 95.0 Å². The summed E-state index contributed by atoms with van der Waals surface area (Å²) >= 11 is 3.47. The van der Waals surface area contributed by atoms with Gasteiger partial charge in [0.1, 0.15) is 35.5 Å². The van der Waals surface area contributed by atoms with Gasteiger partial charge in [-0.1, -0.05) is 30.3 Å². The lowest BCUT2D eigenvalue weighted by Gasteiger charge is -2.16. The molecule has 0 bridgehead atoms. The molecule has 0 radical (unpaired) electrons. The van der Waals surface area contributed by atoms with Gasteiger partial charge in [-0.2, -0.15) is 18.2 Å². The molecule has 2 heterocycles. The lowest BCUT2D eigenvalue weighted by atomic mass is 10.1. The second-order valence-electron chi connectivity index (χ2n) is 8.61. The van der Waals surface area contributed by atoms with E-state index in [1.165, 1.54) is 34.9 Å². The second-order valence-corrected chi connectivity index (χ2v) is 9.40. The van der Waals surface area contributed by atoms with Crippen LogP contribution in [0.2, 0.25) is 0 Å². The van der Waals surface area contributed by atoms with Gasteiger partial charge in [0.2, 0.25) is 5.88 Å². The van der Waals surface area contributed by atoms with E-state index in [4.69, 9.17) is 19.9 Å². The third kappa shape index (κ3) is 6.24. The zero-order valence-corrected chi connectivity index (χ0v) is 22.4. The molecule has 5 rings (SSSR count). The van der Waals surface area contributed by atoms with Crippen LogP contribution in [-0.2, 0) is 6.61 Å². The molecule has 0 spiro atoms. The molecular formula is C28H19BrF4N4O4. The van der Waals surface area contributed by atoms with Crippen molar-refractivity contribution in [3.8, 4) is 34.3 Å². The van der Waals surface area contributed by atoms with Crippen LogP contribution in [0.15, 0.2) is 83.6 Å². The molecule has 0 unspecified atom stereocenters. The number of carbonyl (C=O) groups is 1. The number of hydrogen-bond donors (Lipinski definition) is 1. The number of amides is 1. The van der Waals surface area contributed by atoms with Crippen molar-refractivity contribution in [1.29, 1.82) is 0 Å². The SMILES string of the molecule is NC(=O)Oc1ccc(-c2c(Br)c3ncnc(OCC(F)(F)F)c3n2-c2ccc(OCc3ccccc3)cc2F)cc1. The van der Waals surface area contributed by atoms with E-state index in [-0.39, 0.29) is 34.8 Å². The van der Waals surface area contributed by atoms with Crippen LogP contribution in [0.25, 0.3) is 28.0 Å². The highest BCUT2D eigenvalue weighted by atomic mass is 79.9. The second kappa shape index (κ2) is 11.5. The molecule has 0 atom stereocenters. The normalized spacial score (nSPS) is 11.4. The largest absolute Gasteiger partial charge is 0.489 e. The van der Waals surface area contributed by atoms with Crippen molar-refractivity contribution >= 4 is 33.1 Å². The number of nitrogens with two attached hydrogens (primary N) is 1. The molecule has 0 aliphatic heterocycles. The van der Waals surface area contributed by atoms with Gasteiger partial charge in [-0.3, -0.25) is 4.57 Å². The lowest BCUT2D eigenvalue weighted by Crippen LogP contribution is -2.20. The minimum Gasteiger partial charge on any atom is -0.489 e. The van der Waals surface area contributed by atoms with Gasteiger partial charge in [0, 0.05) is 11.6 Å². The van der Waals surface area contributed by atoms with E-state index in [2.05, 4.69) is 25.9 Å². The van der Waals surface area contributed by atoms with Gasteiger partial charge >= 0.3 is 12.3 Å². The summed E-state index contributed by atoms with van der Waals surface area (Å²) in [6.45, 7) is -1.42. The maximum atomic E-state index is 15.8. The molecule has 41 heavy (non-hydrogen) atoms. The van der Waals surface area contributed by atoms with Gasteiger partial charge in [0.05, 0.1) is 15.9 Å². The summed E-state index contributed by atoms with van der Waals surface area (Å²) in [4.78, 5) is 19.2. The number of nitrogens with zero attached hydrogens (tertiary/aromatic N) is 3. The van der Waals surface area contributed by atoms with E-state index in [1.54, 1.807) is 12.1 Å². The number of ether oxygens (including phenoxy) is 3. The molecule has 1 amide bonds. The van der Waals surface area contributed by atoms with Crippen LogP contribution in [0.1, 0.15) is 5.56 Å². The number of carbonyl (C=O) groups excluding carboxylic acids is 1. The van der Waals surface area contributed by atoms with E-state index >= 15 is 4.39 Å². The molecule has 5 aromatic rings. The summed E-state index contributed by atoms with van der Waals surface area (Å²) in [6.07, 6.45) is -4.60. The average Bonchev–Trinajstić information content (AvgIpc) is 3.23. The minimum absolute atomic E-state index is 0.00654. The first-order valence-corrected chi connectivity index (χ1v) is 12.7. The Balaban J connectivity index is 1.64. The Morgan fingerprint density at radius 3 is 2.32 bits per heavy atom. The first kappa shape index (κ1) is 27.9. The summed E-state index contributed by atoms with van der Waals surface area (Å²) in [7, 11) is 0. The van der Waals surface area contributed by atoms with Crippen molar-refractivity contribution in [2.24, 2.45) is 5.73 Å². The van der Waals surface area contributed by atoms with E-state index in [1.807, 2.05) is 30.3 Å². The molecular weight excluding hydrogens is 612 g/mol. The van der Waals surface area contributed by atoms with Gasteiger partial charge < -0.3 is 19.9 Å². The highest BCUT2D eigenvalue weighted by Gasteiger charge is 2.31. The van der Waals surface area contributed by atoms with E-state index in [0.717, 1.165) is 11.9 Å². The molecule has 13 heteroatoms. The summed E-state index contributed by atoms with van der Waals surface area (Å²) in [5, 5.41) is 0. The molecule has 210 valence electrons. The quantitative estimate of drug-likeness (QED) is 0.186. The zero-order valence-electron chi connectivity index (χ0n) is 20.9. The minimum atomic E-state index is -4.64. The van der Waals surface area contributed by atoms with Gasteiger partial charge in [0.25, 0.3) is 0 Å². The Bertz CT molecular complexity index is 1710. The number of hydrogen-bond acceptors (Lipinski definition) is 6. The van der Waals surface area contributed by atoms with Crippen LogP contribution in [0.4, 0.5) is 22.4 Å². The number of alkyl halides is 3. The summed E-state index contributed by atoms with van der Waals surface area (Å²) < 4.78 is 72.2. The van der Waals surface area contributed by atoms with Crippen LogP contribution in [-0.4, -0.2) is 33.4 Å². The zero-order chi connectivity index (χ0) is 29.1. The number of aromatic nitrogens is 3. The molecule has 0 fully saturated rings. The first-order valence-electron chi connectivity index (χ1n) is 11.9. The Labute approximate surface area is 238 Å². The average molecular weight is 631 g/mol. The fourth-order valence-corrected chi connectivity index (χ4v) is 4.79. The van der Waals surface area contributed by atoms with E-state index in [0.29, 0.717) is 15.7 Å². The van der Waals surface area contributed by atoms with Crippen LogP contribution < -0.4 is 19.9 Å². The summed E-state index contributed by atoms with van der Waals surface area (Å²) in [5.41, 5.74) is 6.88. The fraction of sp³-hybridized carbons (Fsp3) is 0.107. The van der Waals surface area contributed by atoms with E-state index in [9.17, 15) is 18.0 Å². The van der Waals surface area contributed by atoms with Crippen molar-refractivity contribution in [1.82, 2.24) is 14.5 Å². The standard InChI is InChI=1S/C28H19BrF4N4O4/c29-22-23-25(26(36-15-35-23)40-14-28(31,32)33)37(24(22)17-6-8-18(9-7-17)41-27(34)38)21-11-10-19(12-20(21)30)39-13-16-4-2-1-3-5-16/h1-12,15H,13-14H2,(H2,34,38). The first-order chi connectivity index (χ1) is 19.6. The Morgan fingerprint density at radius 1 is 0.951 bits per heavy atom. The maximum absolute atomic E-state index is 15.8. The Hall–Kier alpha value is -4.65. The van der Waals surface area contributed by atoms with E-state index < -0.39 is 30.6 Å². The summed E-state index contributed by atoms with van der Waals surface area (Å²) in [6, 6.07) is 19.5.